The van der Waals surface area contributed by atoms with Gasteiger partial charge in [0.25, 0.3) is 0 Å². The normalized spacial score (nSPS) is 11.1. The molecule has 0 aliphatic carbocycles. The van der Waals surface area contributed by atoms with Crippen LogP contribution in [0.25, 0.3) is 11.4 Å². The fourth-order valence-electron chi connectivity index (χ4n) is 1.76. The summed E-state index contributed by atoms with van der Waals surface area (Å²) in [5, 5.41) is 12.0. The maximum absolute atomic E-state index is 5.85. The first-order valence-electron chi connectivity index (χ1n) is 6.12. The fourth-order valence-corrected chi connectivity index (χ4v) is 2.07. The van der Waals surface area contributed by atoms with Crippen LogP contribution >= 0.6 is 23.8 Å². The molecule has 3 aromatic rings. The van der Waals surface area contributed by atoms with E-state index in [-0.39, 0.29) is 0 Å². The molecular weight excluding hydrogens is 306 g/mol. The van der Waals surface area contributed by atoms with Crippen molar-refractivity contribution in [3.8, 4) is 11.4 Å². The van der Waals surface area contributed by atoms with Gasteiger partial charge in [0.05, 0.1) is 6.21 Å². The van der Waals surface area contributed by atoms with E-state index >= 15 is 0 Å². The van der Waals surface area contributed by atoms with Crippen LogP contribution in [0.3, 0.4) is 0 Å². The van der Waals surface area contributed by atoms with Crippen LogP contribution in [0, 0.1) is 4.77 Å². The molecule has 2 heterocycles. The summed E-state index contributed by atoms with van der Waals surface area (Å²) in [7, 11) is 0. The number of aromatic amines is 1. The summed E-state index contributed by atoms with van der Waals surface area (Å²) in [6.45, 7) is 0. The van der Waals surface area contributed by atoms with Gasteiger partial charge in [0.2, 0.25) is 4.77 Å². The van der Waals surface area contributed by atoms with Crippen molar-refractivity contribution in [3.63, 3.8) is 0 Å². The van der Waals surface area contributed by atoms with E-state index in [1.54, 1.807) is 35.4 Å². The monoisotopic (exact) mass is 315 g/mol. The van der Waals surface area contributed by atoms with Crippen molar-refractivity contribution in [1.82, 2.24) is 19.9 Å². The Morgan fingerprint density at radius 1 is 1.14 bits per heavy atom. The minimum atomic E-state index is 0.423. The van der Waals surface area contributed by atoms with Gasteiger partial charge in [-0.2, -0.15) is 14.9 Å². The molecule has 21 heavy (non-hydrogen) atoms. The molecule has 1 N–H and O–H groups in total. The van der Waals surface area contributed by atoms with Crippen LogP contribution in [0.1, 0.15) is 5.56 Å². The van der Waals surface area contributed by atoms with Gasteiger partial charge in [-0.3, -0.25) is 4.98 Å². The maximum Gasteiger partial charge on any atom is 0.216 e. The van der Waals surface area contributed by atoms with Crippen LogP contribution in [-0.2, 0) is 0 Å². The first kappa shape index (κ1) is 13.7. The second-order valence-corrected chi connectivity index (χ2v) is 5.02. The highest BCUT2D eigenvalue weighted by molar-refractivity contribution is 7.71. The molecule has 104 valence electrons. The SMILES string of the molecule is S=c1[nH]nc(-c2ccncc2)n1N=Cc1ccc(Cl)cc1. The molecule has 3 rings (SSSR count). The summed E-state index contributed by atoms with van der Waals surface area (Å²) in [6.07, 6.45) is 5.09. The lowest BCUT2D eigenvalue weighted by molar-refractivity contribution is 0.871. The van der Waals surface area contributed by atoms with Gasteiger partial charge in [-0.05, 0) is 42.0 Å². The summed E-state index contributed by atoms with van der Waals surface area (Å²) in [6, 6.07) is 11.1. The molecule has 0 amide bonds. The van der Waals surface area contributed by atoms with Crippen molar-refractivity contribution in [2.45, 2.75) is 0 Å². The summed E-state index contributed by atoms with van der Waals surface area (Å²) in [5.74, 6) is 0.632. The van der Waals surface area contributed by atoms with Crippen molar-refractivity contribution < 1.29 is 0 Å². The minimum Gasteiger partial charge on any atom is -0.265 e. The van der Waals surface area contributed by atoms with Gasteiger partial charge < -0.3 is 0 Å². The minimum absolute atomic E-state index is 0.423. The van der Waals surface area contributed by atoms with Gasteiger partial charge in [0.15, 0.2) is 5.82 Å². The molecule has 0 fully saturated rings. The number of aromatic nitrogens is 4. The Bertz CT molecular complexity index is 821. The molecule has 0 aliphatic heterocycles. The number of nitrogens with zero attached hydrogens (tertiary/aromatic N) is 4. The zero-order valence-electron chi connectivity index (χ0n) is 10.8. The predicted molar refractivity (Wildman–Crippen MR) is 85.1 cm³/mol. The number of hydrogen-bond donors (Lipinski definition) is 1. The Balaban J connectivity index is 1.98. The lowest BCUT2D eigenvalue weighted by Crippen LogP contribution is -1.95. The largest absolute Gasteiger partial charge is 0.265 e. The first-order valence-corrected chi connectivity index (χ1v) is 6.90. The Kier molecular flexibility index (Phi) is 3.89. The van der Waals surface area contributed by atoms with E-state index < -0.39 is 0 Å². The molecule has 7 heteroatoms. The Hall–Kier alpha value is -2.31. The van der Waals surface area contributed by atoms with Gasteiger partial charge in [-0.1, -0.05) is 23.7 Å². The van der Waals surface area contributed by atoms with E-state index in [0.29, 0.717) is 15.6 Å². The van der Waals surface area contributed by atoms with Crippen LogP contribution in [0.2, 0.25) is 5.02 Å². The maximum atomic E-state index is 5.85. The third-order valence-corrected chi connectivity index (χ3v) is 3.30. The average Bonchev–Trinajstić information content (AvgIpc) is 2.89. The molecular formula is C14H10ClN5S. The number of hydrogen-bond acceptors (Lipinski definition) is 4. The molecule has 5 nitrogen and oxygen atoms in total. The van der Waals surface area contributed by atoms with Crippen molar-refractivity contribution >= 4 is 30.0 Å². The Labute approximate surface area is 130 Å². The summed E-state index contributed by atoms with van der Waals surface area (Å²) in [5.41, 5.74) is 1.80. The first-order chi connectivity index (χ1) is 10.2. The zero-order chi connectivity index (χ0) is 14.7. The van der Waals surface area contributed by atoms with Crippen LogP contribution in [0.4, 0.5) is 0 Å². The van der Waals surface area contributed by atoms with E-state index in [2.05, 4.69) is 20.3 Å². The highest BCUT2D eigenvalue weighted by Crippen LogP contribution is 2.15. The van der Waals surface area contributed by atoms with Crippen LogP contribution < -0.4 is 0 Å². The van der Waals surface area contributed by atoms with Crippen LogP contribution in [-0.4, -0.2) is 26.1 Å². The number of benzene rings is 1. The topological polar surface area (TPSA) is 58.9 Å². The molecule has 0 saturated heterocycles. The quantitative estimate of drug-likeness (QED) is 0.594. The Morgan fingerprint density at radius 2 is 1.86 bits per heavy atom. The van der Waals surface area contributed by atoms with E-state index in [1.807, 2.05) is 24.3 Å². The number of pyridine rings is 1. The molecule has 0 aliphatic rings. The summed E-state index contributed by atoms with van der Waals surface area (Å²) < 4.78 is 1.99. The predicted octanol–water partition coefficient (Wildman–Crippen LogP) is 3.54. The fraction of sp³-hybridized carbons (Fsp3) is 0. The van der Waals surface area contributed by atoms with Gasteiger partial charge in [0.1, 0.15) is 0 Å². The lowest BCUT2D eigenvalue weighted by atomic mass is 10.2. The third-order valence-electron chi connectivity index (χ3n) is 2.78. The number of rotatable bonds is 3. The van der Waals surface area contributed by atoms with E-state index in [9.17, 15) is 0 Å². The standard InChI is InChI=1S/C14H10ClN5S/c15-12-3-1-10(2-4-12)9-17-20-13(18-19-14(20)21)11-5-7-16-8-6-11/h1-9H,(H,19,21). The van der Waals surface area contributed by atoms with E-state index in [1.165, 1.54) is 0 Å². The van der Waals surface area contributed by atoms with Gasteiger partial charge in [-0.25, -0.2) is 5.10 Å². The highest BCUT2D eigenvalue weighted by atomic mass is 35.5. The number of halogens is 1. The second-order valence-electron chi connectivity index (χ2n) is 4.20. The highest BCUT2D eigenvalue weighted by Gasteiger charge is 2.07. The van der Waals surface area contributed by atoms with Crippen molar-refractivity contribution in [2.24, 2.45) is 5.10 Å². The summed E-state index contributed by atoms with van der Waals surface area (Å²) in [4.78, 5) is 3.98. The molecule has 0 atom stereocenters. The zero-order valence-corrected chi connectivity index (χ0v) is 12.3. The lowest BCUT2D eigenvalue weighted by Gasteiger charge is -2.00. The van der Waals surface area contributed by atoms with E-state index in [4.69, 9.17) is 23.8 Å². The van der Waals surface area contributed by atoms with Crippen LogP contribution in [0.15, 0.2) is 53.9 Å². The molecule has 1 aromatic carbocycles. The second kappa shape index (κ2) is 5.99. The number of H-pyrrole nitrogens is 1. The van der Waals surface area contributed by atoms with Crippen LogP contribution in [0.5, 0.6) is 0 Å². The van der Waals surface area contributed by atoms with Crippen molar-refractivity contribution in [3.05, 3.63) is 64.1 Å². The number of nitrogens with one attached hydrogen (secondary N) is 1. The van der Waals surface area contributed by atoms with E-state index in [0.717, 1.165) is 11.1 Å². The van der Waals surface area contributed by atoms with Crippen molar-refractivity contribution in [2.75, 3.05) is 0 Å². The molecule has 0 unspecified atom stereocenters. The molecule has 0 spiro atoms. The van der Waals surface area contributed by atoms with Gasteiger partial charge in [0, 0.05) is 23.0 Å². The molecule has 0 bridgehead atoms. The van der Waals surface area contributed by atoms with Gasteiger partial charge in [-0.15, -0.1) is 0 Å². The molecule has 0 saturated carbocycles. The molecule has 0 radical (unpaired) electrons. The van der Waals surface area contributed by atoms with Gasteiger partial charge >= 0.3 is 0 Å². The smallest absolute Gasteiger partial charge is 0.216 e. The summed E-state index contributed by atoms with van der Waals surface area (Å²) >= 11 is 11.1. The average molecular weight is 316 g/mol. The molecule has 2 aromatic heterocycles. The third kappa shape index (κ3) is 3.07. The van der Waals surface area contributed by atoms with Crippen molar-refractivity contribution in [1.29, 1.82) is 0 Å². The Morgan fingerprint density at radius 3 is 2.57 bits per heavy atom.